The van der Waals surface area contributed by atoms with Crippen LogP contribution >= 0.6 is 27.5 Å². The van der Waals surface area contributed by atoms with E-state index in [4.69, 9.17) is 16.3 Å². The molecule has 0 aliphatic rings. The Bertz CT molecular complexity index is 1060. The molecule has 0 heterocycles. The first-order chi connectivity index (χ1) is 14.0. The second kappa shape index (κ2) is 10.1. The topological polar surface area (TPSA) is 91.3 Å². The lowest BCUT2D eigenvalue weighted by atomic mass is 10.2. The number of hydrogen-bond acceptors (Lipinski definition) is 6. The van der Waals surface area contributed by atoms with Gasteiger partial charge in [0.2, 0.25) is 10.0 Å². The van der Waals surface area contributed by atoms with Gasteiger partial charge in [0.1, 0.15) is 12.3 Å². The zero-order valence-electron chi connectivity index (χ0n) is 16.9. The van der Waals surface area contributed by atoms with Crippen LogP contribution in [0, 0.1) is 0 Å². The van der Waals surface area contributed by atoms with E-state index in [0.29, 0.717) is 5.02 Å². The minimum absolute atomic E-state index is 0.162. The van der Waals surface area contributed by atoms with Gasteiger partial charge in [0, 0.05) is 23.6 Å². The Balaban J connectivity index is 2.15. The molecule has 1 N–H and O–H groups in total. The highest BCUT2D eigenvalue weighted by atomic mass is 79.9. The molecule has 0 spiro atoms. The normalized spacial score (nSPS) is 11.4. The standard InChI is InChI=1S/C19H22BrClN4O4S/c1-24(2)16-7-5-13(9-15(16)20)11-22-23-19(26)12-25(30(4,27)28)17-10-14(21)6-8-18(17)29-3/h5-11H,12H2,1-4H3,(H,23,26)/b22-11-. The van der Waals surface area contributed by atoms with E-state index in [1.165, 1.54) is 25.5 Å². The molecule has 2 rings (SSSR count). The zero-order valence-corrected chi connectivity index (χ0v) is 20.0. The summed E-state index contributed by atoms with van der Waals surface area (Å²) in [6.07, 6.45) is 2.46. The molecular weight excluding hydrogens is 496 g/mol. The highest BCUT2D eigenvalue weighted by molar-refractivity contribution is 9.10. The molecule has 0 fully saturated rings. The second-order valence-corrected chi connectivity index (χ2v) is 9.68. The van der Waals surface area contributed by atoms with Crippen molar-refractivity contribution in [2.75, 3.05) is 43.2 Å². The maximum Gasteiger partial charge on any atom is 0.260 e. The molecule has 8 nitrogen and oxygen atoms in total. The highest BCUT2D eigenvalue weighted by Gasteiger charge is 2.24. The number of rotatable bonds is 8. The van der Waals surface area contributed by atoms with Gasteiger partial charge in [-0.1, -0.05) is 17.7 Å². The highest BCUT2D eigenvalue weighted by Crippen LogP contribution is 2.32. The lowest BCUT2D eigenvalue weighted by molar-refractivity contribution is -0.119. The molecule has 0 saturated heterocycles. The summed E-state index contributed by atoms with van der Waals surface area (Å²) < 4.78 is 31.5. The first-order valence-corrected chi connectivity index (χ1v) is 11.6. The van der Waals surface area contributed by atoms with Crippen LogP contribution in [-0.4, -0.2) is 54.5 Å². The molecule has 11 heteroatoms. The summed E-state index contributed by atoms with van der Waals surface area (Å²) in [5.41, 5.74) is 4.25. The molecule has 0 aliphatic carbocycles. The summed E-state index contributed by atoms with van der Waals surface area (Å²) in [6, 6.07) is 10.1. The van der Waals surface area contributed by atoms with Crippen molar-refractivity contribution in [3.8, 4) is 5.75 Å². The van der Waals surface area contributed by atoms with Gasteiger partial charge in [0.25, 0.3) is 5.91 Å². The van der Waals surface area contributed by atoms with Crippen LogP contribution in [0.4, 0.5) is 11.4 Å². The molecule has 0 unspecified atom stereocenters. The number of hydrogen-bond donors (Lipinski definition) is 1. The van der Waals surface area contributed by atoms with E-state index in [1.54, 1.807) is 6.07 Å². The van der Waals surface area contributed by atoms with Gasteiger partial charge in [0.05, 0.1) is 31.0 Å². The molecule has 162 valence electrons. The molecule has 0 atom stereocenters. The van der Waals surface area contributed by atoms with E-state index in [1.807, 2.05) is 37.2 Å². The number of hydrazone groups is 1. The number of halogens is 2. The summed E-state index contributed by atoms with van der Waals surface area (Å²) in [4.78, 5) is 14.3. The van der Waals surface area contributed by atoms with Crippen LogP contribution in [-0.2, 0) is 14.8 Å². The van der Waals surface area contributed by atoms with Crippen molar-refractivity contribution in [3.63, 3.8) is 0 Å². The Hall–Kier alpha value is -2.30. The molecule has 1 amide bonds. The third-order valence-electron chi connectivity index (χ3n) is 3.95. The van der Waals surface area contributed by atoms with Crippen molar-refractivity contribution in [3.05, 3.63) is 51.5 Å². The van der Waals surface area contributed by atoms with E-state index in [-0.39, 0.29) is 11.4 Å². The number of benzene rings is 2. The van der Waals surface area contributed by atoms with Crippen LogP contribution < -0.4 is 19.4 Å². The number of ether oxygens (including phenoxy) is 1. The van der Waals surface area contributed by atoms with E-state index < -0.39 is 22.5 Å². The van der Waals surface area contributed by atoms with Crippen molar-refractivity contribution in [2.45, 2.75) is 0 Å². The molecule has 30 heavy (non-hydrogen) atoms. The van der Waals surface area contributed by atoms with E-state index in [0.717, 1.165) is 26.3 Å². The van der Waals surface area contributed by atoms with Crippen molar-refractivity contribution in [2.24, 2.45) is 5.10 Å². The number of sulfonamides is 1. The monoisotopic (exact) mass is 516 g/mol. The minimum atomic E-state index is -3.79. The van der Waals surface area contributed by atoms with Gasteiger partial charge in [-0.05, 0) is 51.8 Å². The summed E-state index contributed by atoms with van der Waals surface area (Å²) >= 11 is 9.47. The summed E-state index contributed by atoms with van der Waals surface area (Å²) in [5, 5.41) is 4.22. The van der Waals surface area contributed by atoms with E-state index >= 15 is 0 Å². The fourth-order valence-electron chi connectivity index (χ4n) is 2.55. The van der Waals surface area contributed by atoms with Gasteiger partial charge in [-0.2, -0.15) is 5.10 Å². The van der Waals surface area contributed by atoms with Crippen LogP contribution in [0.3, 0.4) is 0 Å². The SMILES string of the molecule is COc1ccc(Cl)cc1N(CC(=O)N/N=C\c1ccc(N(C)C)c(Br)c1)S(C)(=O)=O. The molecule has 0 saturated carbocycles. The van der Waals surface area contributed by atoms with Crippen LogP contribution in [0.25, 0.3) is 0 Å². The Labute approximate surface area is 189 Å². The van der Waals surface area contributed by atoms with Gasteiger partial charge in [-0.25, -0.2) is 13.8 Å². The number of nitrogens with one attached hydrogen (secondary N) is 1. The number of carbonyl (C=O) groups excluding carboxylic acids is 1. The molecular formula is C19H22BrClN4O4S. The summed E-state index contributed by atoms with van der Waals surface area (Å²) in [5.74, 6) is -0.352. The predicted octanol–water partition coefficient (Wildman–Crippen LogP) is 3.09. The first kappa shape index (κ1) is 24.0. The van der Waals surface area contributed by atoms with Crippen molar-refractivity contribution in [1.82, 2.24) is 5.43 Å². The van der Waals surface area contributed by atoms with Crippen molar-refractivity contribution in [1.29, 1.82) is 0 Å². The summed E-state index contributed by atoms with van der Waals surface area (Å²) in [6.45, 7) is -0.490. The lowest BCUT2D eigenvalue weighted by Gasteiger charge is -2.23. The minimum Gasteiger partial charge on any atom is -0.495 e. The molecule has 0 aromatic heterocycles. The number of methoxy groups -OCH3 is 1. The molecule has 2 aromatic rings. The fraction of sp³-hybridized carbons (Fsp3) is 0.263. The van der Waals surface area contributed by atoms with E-state index in [2.05, 4.69) is 26.5 Å². The van der Waals surface area contributed by atoms with Crippen LogP contribution in [0.5, 0.6) is 5.75 Å². The number of anilines is 2. The number of nitrogens with zero attached hydrogens (tertiary/aromatic N) is 3. The second-order valence-electron chi connectivity index (χ2n) is 6.48. The summed E-state index contributed by atoms with van der Waals surface area (Å²) in [7, 11) is 1.47. The van der Waals surface area contributed by atoms with Gasteiger partial charge >= 0.3 is 0 Å². The largest absolute Gasteiger partial charge is 0.495 e. The molecule has 0 aliphatic heterocycles. The van der Waals surface area contributed by atoms with Crippen molar-refractivity contribution < 1.29 is 17.9 Å². The third kappa shape index (κ3) is 6.35. The third-order valence-corrected chi connectivity index (χ3v) is 5.95. The van der Waals surface area contributed by atoms with E-state index in [9.17, 15) is 13.2 Å². The van der Waals surface area contributed by atoms with Crippen molar-refractivity contribution >= 4 is 61.1 Å². The van der Waals surface area contributed by atoms with Crippen LogP contribution in [0.15, 0.2) is 46.0 Å². The van der Waals surface area contributed by atoms with Crippen LogP contribution in [0.1, 0.15) is 5.56 Å². The Kier molecular flexibility index (Phi) is 8.10. The smallest absolute Gasteiger partial charge is 0.260 e. The number of carbonyl (C=O) groups is 1. The van der Waals surface area contributed by atoms with Crippen LogP contribution in [0.2, 0.25) is 5.02 Å². The number of amides is 1. The Morgan fingerprint density at radius 3 is 2.50 bits per heavy atom. The van der Waals surface area contributed by atoms with Gasteiger partial charge < -0.3 is 9.64 Å². The average Bonchev–Trinajstić information content (AvgIpc) is 2.65. The Morgan fingerprint density at radius 2 is 1.93 bits per heavy atom. The lowest BCUT2D eigenvalue weighted by Crippen LogP contribution is -2.39. The first-order valence-electron chi connectivity index (χ1n) is 8.63. The Morgan fingerprint density at radius 1 is 1.23 bits per heavy atom. The average molecular weight is 518 g/mol. The molecule has 0 bridgehead atoms. The van der Waals surface area contributed by atoms with Gasteiger partial charge in [-0.15, -0.1) is 0 Å². The van der Waals surface area contributed by atoms with Gasteiger partial charge in [-0.3, -0.25) is 9.10 Å². The molecule has 0 radical (unpaired) electrons. The zero-order chi connectivity index (χ0) is 22.5. The fourth-order valence-corrected chi connectivity index (χ4v) is 4.32. The van der Waals surface area contributed by atoms with Gasteiger partial charge in [0.15, 0.2) is 0 Å². The maximum atomic E-state index is 12.3. The molecule has 2 aromatic carbocycles. The maximum absolute atomic E-state index is 12.3. The quantitative estimate of drug-likeness (QED) is 0.429. The predicted molar refractivity (Wildman–Crippen MR) is 124 cm³/mol.